The maximum Gasteiger partial charge on any atom is 0.265 e. The molecule has 0 spiro atoms. The summed E-state index contributed by atoms with van der Waals surface area (Å²) < 4.78 is 5.43. The van der Waals surface area contributed by atoms with Crippen LogP contribution in [0.2, 0.25) is 0 Å². The van der Waals surface area contributed by atoms with Crippen LogP contribution < -0.4 is 15.4 Å². The van der Waals surface area contributed by atoms with Crippen LogP contribution in [0.25, 0.3) is 0 Å². The molecule has 1 aromatic heterocycles. The monoisotopic (exact) mass is 269 g/mol. The van der Waals surface area contributed by atoms with Gasteiger partial charge in [0.05, 0.1) is 17.9 Å². The van der Waals surface area contributed by atoms with Gasteiger partial charge in [-0.25, -0.2) is 0 Å². The molecule has 5 heteroatoms. The van der Waals surface area contributed by atoms with E-state index in [-0.39, 0.29) is 12.5 Å². The van der Waals surface area contributed by atoms with Crippen LogP contribution >= 0.6 is 0 Å². The summed E-state index contributed by atoms with van der Waals surface area (Å²) in [7, 11) is 0. The number of anilines is 1. The number of pyridine rings is 1. The van der Waals surface area contributed by atoms with E-state index in [9.17, 15) is 4.79 Å². The number of nitrogens with zero attached hydrogens (tertiary/aromatic N) is 2. The van der Waals surface area contributed by atoms with Crippen molar-refractivity contribution in [2.45, 2.75) is 13.1 Å². The minimum Gasteiger partial charge on any atom is -0.482 e. The molecule has 0 saturated heterocycles. The van der Waals surface area contributed by atoms with Crippen molar-refractivity contribution in [3.8, 4) is 5.75 Å². The first-order valence-electron chi connectivity index (χ1n) is 6.44. The molecule has 2 N–H and O–H groups in total. The van der Waals surface area contributed by atoms with Crippen molar-refractivity contribution in [2.75, 3.05) is 11.5 Å². The van der Waals surface area contributed by atoms with Crippen molar-refractivity contribution < 1.29 is 9.53 Å². The third kappa shape index (κ3) is 2.23. The van der Waals surface area contributed by atoms with Gasteiger partial charge in [-0.1, -0.05) is 18.2 Å². The molecule has 1 amide bonds. The standard InChI is InChI=1S/C15H15N3O2/c16-8-12-11(4-3-7-17-12)9-18-13-5-1-2-6-14(13)20-10-15(18)19/h1-7H,8-10,16H2. The molecule has 1 aliphatic heterocycles. The number of para-hydroxylation sites is 2. The van der Waals surface area contributed by atoms with Crippen LogP contribution in [0.4, 0.5) is 5.69 Å². The number of carbonyl (C=O) groups is 1. The van der Waals surface area contributed by atoms with Crippen molar-refractivity contribution in [2.24, 2.45) is 5.73 Å². The quantitative estimate of drug-likeness (QED) is 0.916. The number of carbonyl (C=O) groups excluding carboxylic acids is 1. The Labute approximate surface area is 117 Å². The molecule has 5 nitrogen and oxygen atoms in total. The summed E-state index contributed by atoms with van der Waals surface area (Å²) in [6, 6.07) is 11.3. The highest BCUT2D eigenvalue weighted by Crippen LogP contribution is 2.32. The maximum absolute atomic E-state index is 12.1. The normalized spacial score (nSPS) is 13.8. The van der Waals surface area contributed by atoms with Gasteiger partial charge in [-0.15, -0.1) is 0 Å². The lowest BCUT2D eigenvalue weighted by Crippen LogP contribution is -2.38. The number of nitrogens with two attached hydrogens (primary N) is 1. The van der Waals surface area contributed by atoms with Gasteiger partial charge in [-0.3, -0.25) is 9.78 Å². The van der Waals surface area contributed by atoms with Crippen LogP contribution in [0.15, 0.2) is 42.6 Å². The van der Waals surface area contributed by atoms with Crippen molar-refractivity contribution in [1.82, 2.24) is 4.98 Å². The highest BCUT2D eigenvalue weighted by atomic mass is 16.5. The first-order valence-corrected chi connectivity index (χ1v) is 6.44. The van der Waals surface area contributed by atoms with E-state index in [1.807, 2.05) is 36.4 Å². The Kier molecular flexibility index (Phi) is 3.35. The smallest absolute Gasteiger partial charge is 0.265 e. The average Bonchev–Trinajstić information content (AvgIpc) is 2.50. The van der Waals surface area contributed by atoms with E-state index in [0.29, 0.717) is 13.1 Å². The largest absolute Gasteiger partial charge is 0.482 e. The van der Waals surface area contributed by atoms with Crippen LogP contribution in [0.5, 0.6) is 5.75 Å². The molecule has 102 valence electrons. The number of hydrogen-bond acceptors (Lipinski definition) is 4. The molecule has 3 rings (SSSR count). The fourth-order valence-corrected chi connectivity index (χ4v) is 2.30. The molecule has 2 heterocycles. The third-order valence-corrected chi connectivity index (χ3v) is 3.31. The van der Waals surface area contributed by atoms with Gasteiger partial charge in [-0.05, 0) is 23.8 Å². The second-order valence-electron chi connectivity index (χ2n) is 4.55. The van der Waals surface area contributed by atoms with Crippen molar-refractivity contribution >= 4 is 11.6 Å². The van der Waals surface area contributed by atoms with E-state index < -0.39 is 0 Å². The fraction of sp³-hybridized carbons (Fsp3) is 0.200. The second-order valence-corrected chi connectivity index (χ2v) is 4.55. The number of amides is 1. The van der Waals surface area contributed by atoms with E-state index in [2.05, 4.69) is 4.98 Å². The highest BCUT2D eigenvalue weighted by molar-refractivity contribution is 5.97. The summed E-state index contributed by atoms with van der Waals surface area (Å²) >= 11 is 0. The molecule has 0 radical (unpaired) electrons. The minimum absolute atomic E-state index is 0.0597. The van der Waals surface area contributed by atoms with E-state index >= 15 is 0 Å². The Hall–Kier alpha value is -2.40. The van der Waals surface area contributed by atoms with Crippen LogP contribution in [-0.4, -0.2) is 17.5 Å². The van der Waals surface area contributed by atoms with Gasteiger partial charge in [0.15, 0.2) is 6.61 Å². The Morgan fingerprint density at radius 2 is 2.10 bits per heavy atom. The minimum atomic E-state index is -0.0597. The predicted molar refractivity (Wildman–Crippen MR) is 75.3 cm³/mol. The molecule has 0 bridgehead atoms. The first kappa shape index (κ1) is 12.6. The Bertz CT molecular complexity index is 643. The van der Waals surface area contributed by atoms with Gasteiger partial charge >= 0.3 is 0 Å². The van der Waals surface area contributed by atoms with Gasteiger partial charge in [0.1, 0.15) is 5.75 Å². The molecule has 0 aliphatic carbocycles. The first-order chi connectivity index (χ1) is 9.79. The zero-order valence-electron chi connectivity index (χ0n) is 11.0. The maximum atomic E-state index is 12.1. The van der Waals surface area contributed by atoms with Crippen LogP contribution in [0, 0.1) is 0 Å². The third-order valence-electron chi connectivity index (χ3n) is 3.31. The Morgan fingerprint density at radius 1 is 1.25 bits per heavy atom. The summed E-state index contributed by atoms with van der Waals surface area (Å²) in [6.45, 7) is 0.880. The topological polar surface area (TPSA) is 68.5 Å². The van der Waals surface area contributed by atoms with Gasteiger partial charge in [0.25, 0.3) is 5.91 Å². The molecule has 0 atom stereocenters. The number of fused-ring (bicyclic) bond motifs is 1. The zero-order chi connectivity index (χ0) is 13.9. The van der Waals surface area contributed by atoms with Crippen LogP contribution in [0.1, 0.15) is 11.3 Å². The highest BCUT2D eigenvalue weighted by Gasteiger charge is 2.25. The summed E-state index contributed by atoms with van der Waals surface area (Å²) in [4.78, 5) is 18.1. The summed E-state index contributed by atoms with van der Waals surface area (Å²) in [5.74, 6) is 0.667. The molecular formula is C15H15N3O2. The summed E-state index contributed by atoms with van der Waals surface area (Å²) in [5.41, 5.74) is 8.25. The number of ether oxygens (including phenoxy) is 1. The van der Waals surface area contributed by atoms with Crippen molar-refractivity contribution in [3.05, 3.63) is 53.9 Å². The van der Waals surface area contributed by atoms with Crippen LogP contribution in [-0.2, 0) is 17.9 Å². The fourth-order valence-electron chi connectivity index (χ4n) is 2.30. The number of hydrogen-bond donors (Lipinski definition) is 1. The Balaban J connectivity index is 1.96. The number of aromatic nitrogens is 1. The SMILES string of the molecule is NCc1ncccc1CN1C(=O)COc2ccccc21. The Morgan fingerprint density at radius 3 is 2.95 bits per heavy atom. The van der Waals surface area contributed by atoms with E-state index in [0.717, 1.165) is 22.7 Å². The van der Waals surface area contributed by atoms with Gasteiger partial charge in [0.2, 0.25) is 0 Å². The molecule has 0 saturated carbocycles. The molecule has 1 aromatic carbocycles. The molecule has 0 unspecified atom stereocenters. The zero-order valence-corrected chi connectivity index (χ0v) is 11.0. The summed E-state index contributed by atoms with van der Waals surface area (Å²) in [5, 5.41) is 0. The van der Waals surface area contributed by atoms with Crippen LogP contribution in [0.3, 0.4) is 0 Å². The van der Waals surface area contributed by atoms with Crippen molar-refractivity contribution in [1.29, 1.82) is 0 Å². The van der Waals surface area contributed by atoms with Gasteiger partial charge in [-0.2, -0.15) is 0 Å². The van der Waals surface area contributed by atoms with Gasteiger partial charge in [0, 0.05) is 12.7 Å². The van der Waals surface area contributed by atoms with E-state index in [1.54, 1.807) is 11.1 Å². The molecular weight excluding hydrogens is 254 g/mol. The van der Waals surface area contributed by atoms with Crippen molar-refractivity contribution in [3.63, 3.8) is 0 Å². The number of benzene rings is 1. The molecule has 1 aliphatic rings. The lowest BCUT2D eigenvalue weighted by Gasteiger charge is -2.29. The molecule has 20 heavy (non-hydrogen) atoms. The number of rotatable bonds is 3. The lowest BCUT2D eigenvalue weighted by molar-refractivity contribution is -0.121. The molecule has 0 fully saturated rings. The summed E-state index contributed by atoms with van der Waals surface area (Å²) in [6.07, 6.45) is 1.71. The van der Waals surface area contributed by atoms with E-state index in [4.69, 9.17) is 10.5 Å². The lowest BCUT2D eigenvalue weighted by atomic mass is 10.1. The van der Waals surface area contributed by atoms with E-state index in [1.165, 1.54) is 0 Å². The van der Waals surface area contributed by atoms with Gasteiger partial charge < -0.3 is 15.4 Å². The predicted octanol–water partition coefficient (Wildman–Crippen LogP) is 1.47. The molecule has 2 aromatic rings. The second kappa shape index (κ2) is 5.30. The average molecular weight is 269 g/mol.